The summed E-state index contributed by atoms with van der Waals surface area (Å²) in [5.74, 6) is -0.175. The molecular weight excluding hydrogens is 257 g/mol. The molecule has 1 saturated carbocycles. The van der Waals surface area contributed by atoms with Gasteiger partial charge in [-0.25, -0.2) is 4.39 Å². The minimum absolute atomic E-state index is 0.175. The molecule has 2 N–H and O–H groups in total. The zero-order chi connectivity index (χ0) is 11.3. The predicted molar refractivity (Wildman–Crippen MR) is 63.3 cm³/mol. The van der Waals surface area contributed by atoms with E-state index < -0.39 is 0 Å². The topological polar surface area (TPSA) is 26.0 Å². The molecule has 0 spiro atoms. The summed E-state index contributed by atoms with van der Waals surface area (Å²) in [6.45, 7) is 4.04. The van der Waals surface area contributed by atoms with Gasteiger partial charge in [0.25, 0.3) is 0 Å². The van der Waals surface area contributed by atoms with Crippen LogP contribution < -0.4 is 5.73 Å². The third-order valence-electron chi connectivity index (χ3n) is 3.64. The van der Waals surface area contributed by atoms with E-state index in [0.717, 1.165) is 17.3 Å². The van der Waals surface area contributed by atoms with Gasteiger partial charge in [0, 0.05) is 15.4 Å². The highest BCUT2D eigenvalue weighted by Crippen LogP contribution is 2.49. The van der Waals surface area contributed by atoms with Crippen molar-refractivity contribution in [1.82, 2.24) is 0 Å². The monoisotopic (exact) mass is 271 g/mol. The van der Waals surface area contributed by atoms with E-state index in [1.807, 2.05) is 26.0 Å². The first-order valence-electron chi connectivity index (χ1n) is 5.11. The van der Waals surface area contributed by atoms with Crippen molar-refractivity contribution in [2.75, 3.05) is 0 Å². The van der Waals surface area contributed by atoms with E-state index in [9.17, 15) is 4.39 Å². The van der Waals surface area contributed by atoms with Crippen molar-refractivity contribution in [3.05, 3.63) is 34.1 Å². The second-order valence-corrected chi connectivity index (χ2v) is 5.82. The summed E-state index contributed by atoms with van der Waals surface area (Å²) in [6.07, 6.45) is 1.96. The molecule has 1 fully saturated rings. The van der Waals surface area contributed by atoms with Crippen molar-refractivity contribution in [2.45, 2.75) is 37.6 Å². The smallest absolute Gasteiger partial charge is 0.128 e. The molecule has 0 amide bonds. The van der Waals surface area contributed by atoms with E-state index >= 15 is 0 Å². The van der Waals surface area contributed by atoms with Crippen LogP contribution in [0.15, 0.2) is 22.7 Å². The number of nitrogens with two attached hydrogens (primary N) is 1. The Balaban J connectivity index is 2.45. The molecule has 1 aliphatic rings. The molecule has 0 radical (unpaired) electrons. The first-order valence-corrected chi connectivity index (χ1v) is 5.90. The van der Waals surface area contributed by atoms with Gasteiger partial charge in [0.05, 0.1) is 0 Å². The van der Waals surface area contributed by atoms with Crippen molar-refractivity contribution < 1.29 is 4.39 Å². The first-order chi connectivity index (χ1) is 6.87. The summed E-state index contributed by atoms with van der Waals surface area (Å²) in [6, 6.07) is 5.20. The van der Waals surface area contributed by atoms with Gasteiger partial charge in [0.2, 0.25) is 0 Å². The van der Waals surface area contributed by atoms with Gasteiger partial charge in [-0.1, -0.05) is 35.8 Å². The van der Waals surface area contributed by atoms with Crippen LogP contribution in [0.3, 0.4) is 0 Å². The minimum Gasteiger partial charge on any atom is -0.324 e. The Kier molecular flexibility index (Phi) is 2.43. The molecule has 0 bridgehead atoms. The molecule has 1 nitrogen and oxygen atoms in total. The quantitative estimate of drug-likeness (QED) is 0.877. The summed E-state index contributed by atoms with van der Waals surface area (Å²) in [4.78, 5) is 0. The maximum atomic E-state index is 13.8. The van der Waals surface area contributed by atoms with Crippen LogP contribution in [-0.4, -0.2) is 5.54 Å². The van der Waals surface area contributed by atoms with Gasteiger partial charge in [0.1, 0.15) is 5.82 Å². The van der Waals surface area contributed by atoms with Crippen LogP contribution in [0.5, 0.6) is 0 Å². The van der Waals surface area contributed by atoms with E-state index in [1.54, 1.807) is 0 Å². The van der Waals surface area contributed by atoms with Crippen LogP contribution in [-0.2, 0) is 5.41 Å². The maximum absolute atomic E-state index is 13.8. The molecule has 0 unspecified atom stereocenters. The van der Waals surface area contributed by atoms with Gasteiger partial charge < -0.3 is 5.73 Å². The first kappa shape index (κ1) is 11.1. The fraction of sp³-hybridized carbons (Fsp3) is 0.500. The van der Waals surface area contributed by atoms with Crippen LogP contribution in [0.2, 0.25) is 0 Å². The predicted octanol–water partition coefficient (Wildman–Crippen LogP) is 3.36. The molecule has 0 atom stereocenters. The fourth-order valence-corrected chi connectivity index (χ4v) is 2.36. The SMILES string of the molecule is CC(C)(c1ccc(Br)cc1F)C1(N)CC1. The maximum Gasteiger partial charge on any atom is 0.128 e. The second kappa shape index (κ2) is 3.29. The van der Waals surface area contributed by atoms with Gasteiger partial charge >= 0.3 is 0 Å². The van der Waals surface area contributed by atoms with Crippen molar-refractivity contribution in [1.29, 1.82) is 0 Å². The molecule has 3 heteroatoms. The lowest BCUT2D eigenvalue weighted by atomic mass is 9.76. The summed E-state index contributed by atoms with van der Waals surface area (Å²) in [5.41, 5.74) is 6.38. The molecule has 0 heterocycles. The minimum atomic E-state index is -0.294. The van der Waals surface area contributed by atoms with Crippen molar-refractivity contribution in [2.24, 2.45) is 5.73 Å². The number of benzene rings is 1. The largest absolute Gasteiger partial charge is 0.324 e. The second-order valence-electron chi connectivity index (χ2n) is 4.91. The van der Waals surface area contributed by atoms with Gasteiger partial charge in [-0.15, -0.1) is 0 Å². The van der Waals surface area contributed by atoms with Gasteiger partial charge in [0.15, 0.2) is 0 Å². The number of rotatable bonds is 2. The van der Waals surface area contributed by atoms with E-state index in [0.29, 0.717) is 5.56 Å². The van der Waals surface area contributed by atoms with Crippen LogP contribution in [0.1, 0.15) is 32.3 Å². The summed E-state index contributed by atoms with van der Waals surface area (Å²) >= 11 is 3.26. The molecule has 0 saturated heterocycles. The fourth-order valence-electron chi connectivity index (χ4n) is 2.02. The third-order valence-corrected chi connectivity index (χ3v) is 4.13. The van der Waals surface area contributed by atoms with Crippen LogP contribution in [0.4, 0.5) is 4.39 Å². The summed E-state index contributed by atoms with van der Waals surface area (Å²) in [5, 5.41) is 0. The third kappa shape index (κ3) is 1.72. The molecule has 2 rings (SSSR count). The highest BCUT2D eigenvalue weighted by atomic mass is 79.9. The Hall–Kier alpha value is -0.410. The molecule has 15 heavy (non-hydrogen) atoms. The van der Waals surface area contributed by atoms with Crippen LogP contribution in [0.25, 0.3) is 0 Å². The van der Waals surface area contributed by atoms with Crippen molar-refractivity contribution >= 4 is 15.9 Å². The highest BCUT2D eigenvalue weighted by molar-refractivity contribution is 9.10. The summed E-state index contributed by atoms with van der Waals surface area (Å²) in [7, 11) is 0. The lowest BCUT2D eigenvalue weighted by molar-refractivity contribution is 0.374. The Bertz CT molecular complexity index is 397. The molecule has 1 aliphatic carbocycles. The van der Waals surface area contributed by atoms with Gasteiger partial charge in [-0.3, -0.25) is 0 Å². The standard InChI is InChI=1S/C12H15BrFN/c1-11(2,12(15)5-6-12)9-4-3-8(13)7-10(9)14/h3-4,7H,5-6,15H2,1-2H3. The lowest BCUT2D eigenvalue weighted by Crippen LogP contribution is -2.43. The number of halogens is 2. The van der Waals surface area contributed by atoms with Crippen LogP contribution in [0, 0.1) is 5.82 Å². The Morgan fingerprint density at radius 2 is 2.00 bits per heavy atom. The normalized spacial score (nSPS) is 19.0. The zero-order valence-electron chi connectivity index (χ0n) is 8.98. The number of hydrogen-bond acceptors (Lipinski definition) is 1. The van der Waals surface area contributed by atoms with E-state index in [-0.39, 0.29) is 16.8 Å². The van der Waals surface area contributed by atoms with Crippen molar-refractivity contribution in [3.63, 3.8) is 0 Å². The Morgan fingerprint density at radius 3 is 2.47 bits per heavy atom. The average molecular weight is 272 g/mol. The lowest BCUT2D eigenvalue weighted by Gasteiger charge is -2.32. The van der Waals surface area contributed by atoms with Crippen molar-refractivity contribution in [3.8, 4) is 0 Å². The van der Waals surface area contributed by atoms with Gasteiger partial charge in [-0.2, -0.15) is 0 Å². The van der Waals surface area contributed by atoms with E-state index in [1.165, 1.54) is 6.07 Å². The van der Waals surface area contributed by atoms with Crippen LogP contribution >= 0.6 is 15.9 Å². The average Bonchev–Trinajstić information content (AvgIpc) is 2.84. The molecule has 1 aromatic rings. The molecular formula is C12H15BrFN. The zero-order valence-corrected chi connectivity index (χ0v) is 10.6. The molecule has 1 aromatic carbocycles. The van der Waals surface area contributed by atoms with E-state index in [2.05, 4.69) is 15.9 Å². The molecule has 0 aromatic heterocycles. The highest BCUT2D eigenvalue weighted by Gasteiger charge is 2.52. The van der Waals surface area contributed by atoms with Gasteiger partial charge in [-0.05, 0) is 30.5 Å². The molecule has 0 aliphatic heterocycles. The molecule has 82 valence electrons. The van der Waals surface area contributed by atoms with E-state index in [4.69, 9.17) is 5.73 Å². The Morgan fingerprint density at radius 1 is 1.40 bits per heavy atom. The summed E-state index contributed by atoms with van der Waals surface area (Å²) < 4.78 is 14.6. The Labute approximate surface area is 98.0 Å². The number of hydrogen-bond donors (Lipinski definition) is 1.